The van der Waals surface area contributed by atoms with E-state index in [1.807, 2.05) is 58.9 Å². The molecule has 1 unspecified atom stereocenters. The summed E-state index contributed by atoms with van der Waals surface area (Å²) in [5, 5.41) is 0. The minimum absolute atomic E-state index is 0.346. The van der Waals surface area contributed by atoms with Crippen molar-refractivity contribution in [2.45, 2.75) is 34.6 Å². The fourth-order valence-corrected chi connectivity index (χ4v) is 3.48. The standard InChI is InChI=1S/C17H21O4P/c1-11-6-7-16(13(3)8-11)20-22(18,19)21-17-14(4)9-12(2)10-15(17)5/h6-10H,1-5H3,(H,18,19). The maximum Gasteiger partial charge on any atom is 0.584 e. The second-order valence-corrected chi connectivity index (χ2v) is 6.95. The predicted molar refractivity (Wildman–Crippen MR) is 87.7 cm³/mol. The normalized spacial score (nSPS) is 13.5. The van der Waals surface area contributed by atoms with E-state index in [1.165, 1.54) is 0 Å². The Balaban J connectivity index is 2.27. The maximum absolute atomic E-state index is 12.3. The molecular formula is C17H21O4P. The summed E-state index contributed by atoms with van der Waals surface area (Å²) in [4.78, 5) is 10.0. The van der Waals surface area contributed by atoms with E-state index < -0.39 is 7.82 Å². The van der Waals surface area contributed by atoms with Gasteiger partial charge >= 0.3 is 7.82 Å². The van der Waals surface area contributed by atoms with Crippen molar-refractivity contribution in [2.75, 3.05) is 0 Å². The summed E-state index contributed by atoms with van der Waals surface area (Å²) < 4.78 is 22.8. The molecule has 0 aliphatic heterocycles. The third-order valence-corrected chi connectivity index (χ3v) is 4.20. The summed E-state index contributed by atoms with van der Waals surface area (Å²) in [6.07, 6.45) is 0. The van der Waals surface area contributed by atoms with Gasteiger partial charge in [-0.05, 0) is 57.4 Å². The predicted octanol–water partition coefficient (Wildman–Crippen LogP) is 4.79. The fraction of sp³-hybridized carbons (Fsp3) is 0.294. The van der Waals surface area contributed by atoms with Gasteiger partial charge in [-0.2, -0.15) is 0 Å². The molecule has 0 aliphatic rings. The molecule has 0 fully saturated rings. The summed E-state index contributed by atoms with van der Waals surface area (Å²) in [5.41, 5.74) is 4.52. The molecule has 5 heteroatoms. The van der Waals surface area contributed by atoms with Gasteiger partial charge in [-0.25, -0.2) is 4.57 Å². The van der Waals surface area contributed by atoms with Crippen LogP contribution in [0.1, 0.15) is 27.8 Å². The lowest BCUT2D eigenvalue weighted by atomic mass is 10.1. The average molecular weight is 320 g/mol. The van der Waals surface area contributed by atoms with Crippen molar-refractivity contribution in [3.05, 3.63) is 58.1 Å². The Morgan fingerprint density at radius 3 is 1.91 bits per heavy atom. The van der Waals surface area contributed by atoms with Crippen LogP contribution in [0.2, 0.25) is 0 Å². The molecule has 118 valence electrons. The van der Waals surface area contributed by atoms with Crippen molar-refractivity contribution in [1.82, 2.24) is 0 Å². The van der Waals surface area contributed by atoms with Crippen LogP contribution in [0.4, 0.5) is 0 Å². The summed E-state index contributed by atoms with van der Waals surface area (Å²) in [7, 11) is -4.25. The number of benzene rings is 2. The van der Waals surface area contributed by atoms with Crippen molar-refractivity contribution in [3.8, 4) is 11.5 Å². The van der Waals surface area contributed by atoms with Crippen molar-refractivity contribution >= 4 is 7.82 Å². The molecule has 0 bridgehead atoms. The zero-order valence-corrected chi connectivity index (χ0v) is 14.4. The third-order valence-electron chi connectivity index (χ3n) is 3.36. The largest absolute Gasteiger partial charge is 0.584 e. The molecule has 1 atom stereocenters. The van der Waals surface area contributed by atoms with E-state index in [9.17, 15) is 9.46 Å². The Hall–Kier alpha value is -1.77. The topological polar surface area (TPSA) is 55.8 Å². The Morgan fingerprint density at radius 2 is 1.36 bits per heavy atom. The Kier molecular flexibility index (Phi) is 4.64. The lowest BCUT2D eigenvalue weighted by Gasteiger charge is -2.18. The van der Waals surface area contributed by atoms with Gasteiger partial charge in [0.05, 0.1) is 0 Å². The Labute approximate surface area is 131 Å². The first-order valence-corrected chi connectivity index (χ1v) is 8.54. The van der Waals surface area contributed by atoms with Gasteiger partial charge in [-0.15, -0.1) is 0 Å². The SMILES string of the molecule is Cc1ccc(OP(=O)(O)Oc2c(C)cc(C)cc2C)c(C)c1. The van der Waals surface area contributed by atoms with Crippen LogP contribution in [0.25, 0.3) is 0 Å². The molecule has 0 aromatic heterocycles. The van der Waals surface area contributed by atoms with E-state index in [4.69, 9.17) is 9.05 Å². The average Bonchev–Trinajstić information content (AvgIpc) is 2.37. The minimum atomic E-state index is -4.25. The molecule has 0 saturated carbocycles. The number of aryl methyl sites for hydroxylation is 5. The zero-order chi connectivity index (χ0) is 16.5. The molecule has 2 aromatic rings. The highest BCUT2D eigenvalue weighted by atomic mass is 31.2. The minimum Gasteiger partial charge on any atom is -0.395 e. The highest BCUT2D eigenvalue weighted by Crippen LogP contribution is 2.47. The maximum atomic E-state index is 12.3. The number of phosphoric ester groups is 1. The van der Waals surface area contributed by atoms with Crippen molar-refractivity contribution in [2.24, 2.45) is 0 Å². The van der Waals surface area contributed by atoms with E-state index in [1.54, 1.807) is 6.07 Å². The van der Waals surface area contributed by atoms with Gasteiger partial charge in [-0.1, -0.05) is 35.4 Å². The van der Waals surface area contributed by atoms with Crippen molar-refractivity contribution in [3.63, 3.8) is 0 Å². The lowest BCUT2D eigenvalue weighted by Crippen LogP contribution is -2.03. The number of rotatable bonds is 4. The van der Waals surface area contributed by atoms with E-state index in [0.717, 1.165) is 27.8 Å². The van der Waals surface area contributed by atoms with E-state index in [2.05, 4.69) is 0 Å². The van der Waals surface area contributed by atoms with Gasteiger partial charge in [0.15, 0.2) is 0 Å². The molecule has 2 rings (SSSR count). The van der Waals surface area contributed by atoms with Crippen LogP contribution in [0.5, 0.6) is 11.5 Å². The number of hydrogen-bond donors (Lipinski definition) is 1. The summed E-state index contributed by atoms with van der Waals surface area (Å²) in [6.45, 7) is 9.42. The second kappa shape index (κ2) is 6.15. The molecule has 0 amide bonds. The Morgan fingerprint density at radius 1 is 0.818 bits per heavy atom. The van der Waals surface area contributed by atoms with E-state index in [-0.39, 0.29) is 0 Å². The molecule has 2 aromatic carbocycles. The number of phosphoric acid groups is 1. The molecule has 0 spiro atoms. The van der Waals surface area contributed by atoms with Crippen LogP contribution in [0.15, 0.2) is 30.3 Å². The van der Waals surface area contributed by atoms with Crippen LogP contribution in [-0.2, 0) is 4.57 Å². The van der Waals surface area contributed by atoms with Crippen molar-refractivity contribution < 1.29 is 18.5 Å². The molecular weight excluding hydrogens is 299 g/mol. The first-order chi connectivity index (χ1) is 10.2. The molecule has 0 heterocycles. The summed E-state index contributed by atoms with van der Waals surface area (Å²) in [5.74, 6) is 0.736. The molecule has 22 heavy (non-hydrogen) atoms. The quantitative estimate of drug-likeness (QED) is 0.823. The van der Waals surface area contributed by atoms with Gasteiger partial charge in [0.2, 0.25) is 0 Å². The van der Waals surface area contributed by atoms with Gasteiger partial charge in [0.25, 0.3) is 0 Å². The molecule has 1 N–H and O–H groups in total. The van der Waals surface area contributed by atoms with Gasteiger partial charge in [0, 0.05) is 0 Å². The van der Waals surface area contributed by atoms with E-state index in [0.29, 0.717) is 11.5 Å². The van der Waals surface area contributed by atoms with Gasteiger partial charge in [0.1, 0.15) is 11.5 Å². The first kappa shape index (κ1) is 16.6. The number of hydrogen-bond acceptors (Lipinski definition) is 3. The van der Waals surface area contributed by atoms with Gasteiger partial charge < -0.3 is 9.05 Å². The molecule has 0 radical (unpaired) electrons. The molecule has 0 saturated heterocycles. The van der Waals surface area contributed by atoms with E-state index >= 15 is 0 Å². The highest BCUT2D eigenvalue weighted by molar-refractivity contribution is 7.48. The summed E-state index contributed by atoms with van der Waals surface area (Å²) >= 11 is 0. The first-order valence-electron chi connectivity index (χ1n) is 7.05. The van der Waals surface area contributed by atoms with Crippen LogP contribution < -0.4 is 9.05 Å². The van der Waals surface area contributed by atoms with Crippen LogP contribution in [-0.4, -0.2) is 4.89 Å². The smallest absolute Gasteiger partial charge is 0.395 e. The molecule has 0 aliphatic carbocycles. The van der Waals surface area contributed by atoms with Crippen molar-refractivity contribution in [1.29, 1.82) is 0 Å². The van der Waals surface area contributed by atoms with Gasteiger partial charge in [-0.3, -0.25) is 4.89 Å². The second-order valence-electron chi connectivity index (χ2n) is 5.65. The molecule has 4 nitrogen and oxygen atoms in total. The zero-order valence-electron chi connectivity index (χ0n) is 13.5. The van der Waals surface area contributed by atoms with Crippen LogP contribution in [0.3, 0.4) is 0 Å². The Bertz CT molecular complexity index is 729. The lowest BCUT2D eigenvalue weighted by molar-refractivity contribution is 0.289. The van der Waals surface area contributed by atoms with Crippen LogP contribution >= 0.6 is 7.82 Å². The summed E-state index contributed by atoms with van der Waals surface area (Å²) in [6, 6.07) is 9.19. The monoisotopic (exact) mass is 320 g/mol. The van der Waals surface area contributed by atoms with Crippen LogP contribution in [0, 0.1) is 34.6 Å². The fourth-order valence-electron chi connectivity index (χ4n) is 2.47. The third kappa shape index (κ3) is 3.90. The highest BCUT2D eigenvalue weighted by Gasteiger charge is 2.27.